The molecule has 0 radical (unpaired) electrons. The van der Waals surface area contributed by atoms with Crippen LogP contribution in [0.25, 0.3) is 0 Å². The van der Waals surface area contributed by atoms with Crippen LogP contribution in [0.3, 0.4) is 0 Å². The van der Waals surface area contributed by atoms with Gasteiger partial charge >= 0.3 is 0 Å². The van der Waals surface area contributed by atoms with E-state index in [9.17, 15) is 0 Å². The van der Waals surface area contributed by atoms with Crippen molar-refractivity contribution in [3.05, 3.63) is 47.4 Å². The molecule has 0 amide bonds. The van der Waals surface area contributed by atoms with Gasteiger partial charge in [-0.1, -0.05) is 5.16 Å². The zero-order valence-corrected chi connectivity index (χ0v) is 17.9. The fourth-order valence-corrected chi connectivity index (χ4v) is 3.53. The van der Waals surface area contributed by atoms with Gasteiger partial charge in [0.25, 0.3) is 0 Å². The Hall–Kier alpha value is -3.69. The second-order valence-corrected chi connectivity index (χ2v) is 7.70. The predicted molar refractivity (Wildman–Crippen MR) is 120 cm³/mol. The minimum atomic E-state index is -0.0128. The Morgan fingerprint density at radius 3 is 2.58 bits per heavy atom. The Bertz CT molecular complexity index is 1080. The van der Waals surface area contributed by atoms with Gasteiger partial charge in [-0.3, -0.25) is 5.41 Å². The maximum atomic E-state index is 8.71. The van der Waals surface area contributed by atoms with Gasteiger partial charge in [0.05, 0.1) is 23.7 Å². The van der Waals surface area contributed by atoms with E-state index in [1.165, 1.54) is 6.20 Å². The summed E-state index contributed by atoms with van der Waals surface area (Å²) < 4.78 is 10.5. The van der Waals surface area contributed by atoms with Gasteiger partial charge in [0.1, 0.15) is 11.5 Å². The highest BCUT2D eigenvalue weighted by molar-refractivity contribution is 6.14. The quantitative estimate of drug-likeness (QED) is 0.573. The van der Waals surface area contributed by atoms with Gasteiger partial charge in [-0.15, -0.1) is 0 Å². The molecule has 164 valence electrons. The number of ether oxygens (including phenoxy) is 1. The predicted octanol–water partition coefficient (Wildman–Crippen LogP) is 2.53. The van der Waals surface area contributed by atoms with Crippen molar-refractivity contribution in [1.82, 2.24) is 20.3 Å². The van der Waals surface area contributed by atoms with Crippen LogP contribution in [0.1, 0.15) is 32.1 Å². The van der Waals surface area contributed by atoms with Crippen molar-refractivity contribution in [1.29, 1.82) is 5.41 Å². The molecule has 4 heterocycles. The number of nitrogens with one attached hydrogen (secondary N) is 1. The van der Waals surface area contributed by atoms with Crippen LogP contribution in [0, 0.1) is 12.3 Å². The number of hydrogen-bond acceptors (Lipinski definition) is 10. The Kier molecular flexibility index (Phi) is 5.70. The number of nitrogens with zero attached hydrogens (tertiary/aromatic N) is 6. The molecule has 0 atom stereocenters. The molecule has 31 heavy (non-hydrogen) atoms. The first-order chi connectivity index (χ1) is 14.9. The zero-order valence-electron chi connectivity index (χ0n) is 17.9. The molecular formula is C21H28N8O2. The van der Waals surface area contributed by atoms with Crippen molar-refractivity contribution in [2.75, 3.05) is 41.7 Å². The first-order valence-corrected chi connectivity index (χ1v) is 10.2. The molecule has 1 aliphatic heterocycles. The summed E-state index contributed by atoms with van der Waals surface area (Å²) in [6, 6.07) is 5.45. The molecule has 0 bridgehead atoms. The monoisotopic (exact) mass is 424 g/mol. The minimum absolute atomic E-state index is 0. The SMILES string of the molecule is Cc1nonc1N1CCN(c2cc(C(=N)c3cc(OC(C)C)ncc3N)ccn2)CC1.[HH]. The van der Waals surface area contributed by atoms with E-state index in [0.717, 1.165) is 49.1 Å². The van der Waals surface area contributed by atoms with E-state index < -0.39 is 0 Å². The summed E-state index contributed by atoms with van der Waals surface area (Å²) in [5.41, 5.74) is 8.95. The number of rotatable bonds is 6. The van der Waals surface area contributed by atoms with E-state index in [0.29, 0.717) is 22.8 Å². The molecule has 1 fully saturated rings. The van der Waals surface area contributed by atoms with Crippen molar-refractivity contribution < 1.29 is 10.8 Å². The third-order valence-electron chi connectivity index (χ3n) is 5.10. The molecule has 0 saturated carbocycles. The fraction of sp³-hybridized carbons (Fsp3) is 0.381. The normalized spacial score (nSPS) is 14.2. The highest BCUT2D eigenvalue weighted by atomic mass is 16.6. The van der Waals surface area contributed by atoms with Gasteiger partial charge in [0.2, 0.25) is 5.88 Å². The van der Waals surface area contributed by atoms with E-state index in [4.69, 9.17) is 20.5 Å². The second kappa shape index (κ2) is 8.58. The van der Waals surface area contributed by atoms with E-state index in [1.54, 1.807) is 12.3 Å². The number of pyridine rings is 2. The highest BCUT2D eigenvalue weighted by Crippen LogP contribution is 2.24. The van der Waals surface area contributed by atoms with E-state index in [-0.39, 0.29) is 7.53 Å². The van der Waals surface area contributed by atoms with Crippen molar-refractivity contribution in [2.24, 2.45) is 0 Å². The molecule has 1 saturated heterocycles. The summed E-state index contributed by atoms with van der Waals surface area (Å²) in [7, 11) is 0. The van der Waals surface area contributed by atoms with E-state index in [1.807, 2.05) is 32.9 Å². The summed E-state index contributed by atoms with van der Waals surface area (Å²) in [4.78, 5) is 13.1. The largest absolute Gasteiger partial charge is 0.475 e. The van der Waals surface area contributed by atoms with Crippen molar-refractivity contribution in [2.45, 2.75) is 26.9 Å². The molecule has 4 rings (SSSR count). The fourth-order valence-electron chi connectivity index (χ4n) is 3.53. The van der Waals surface area contributed by atoms with Crippen LogP contribution in [0.4, 0.5) is 17.3 Å². The summed E-state index contributed by atoms with van der Waals surface area (Å²) >= 11 is 0. The molecular weight excluding hydrogens is 396 g/mol. The lowest BCUT2D eigenvalue weighted by atomic mass is 10.0. The first kappa shape index (κ1) is 20.6. The van der Waals surface area contributed by atoms with Crippen LogP contribution in [0.5, 0.6) is 5.88 Å². The number of piperazine rings is 1. The number of hydrogen-bond donors (Lipinski definition) is 2. The zero-order chi connectivity index (χ0) is 22.0. The van der Waals surface area contributed by atoms with Gasteiger partial charge in [0.15, 0.2) is 5.82 Å². The molecule has 0 spiro atoms. The third kappa shape index (κ3) is 4.42. The lowest BCUT2D eigenvalue weighted by Crippen LogP contribution is -2.47. The van der Waals surface area contributed by atoms with E-state index in [2.05, 4.69) is 30.1 Å². The van der Waals surface area contributed by atoms with Crippen LogP contribution in [0.2, 0.25) is 0 Å². The standard InChI is InChI=1S/C21H26N8O2.H2/c1-13(2)30-19-11-16(17(22)12-25-19)20(23)15-4-5-24-18(10-15)28-6-8-29(9-7-28)21-14(3)26-31-27-21;/h4-5,10-13,23H,6-9,22H2,1-3H3;1H. The van der Waals surface area contributed by atoms with Crippen LogP contribution < -0.4 is 20.3 Å². The third-order valence-corrected chi connectivity index (χ3v) is 5.10. The molecule has 10 nitrogen and oxygen atoms in total. The number of anilines is 3. The average molecular weight is 425 g/mol. The van der Waals surface area contributed by atoms with Crippen LogP contribution in [0.15, 0.2) is 35.2 Å². The van der Waals surface area contributed by atoms with E-state index >= 15 is 0 Å². The maximum Gasteiger partial charge on any atom is 0.214 e. The maximum absolute atomic E-state index is 8.71. The highest BCUT2D eigenvalue weighted by Gasteiger charge is 2.23. The Morgan fingerprint density at radius 1 is 1.16 bits per heavy atom. The van der Waals surface area contributed by atoms with Crippen LogP contribution in [-0.4, -0.2) is 58.3 Å². The van der Waals surface area contributed by atoms with Crippen molar-refractivity contribution >= 4 is 23.0 Å². The topological polar surface area (TPSA) is 130 Å². The molecule has 0 unspecified atom stereocenters. The minimum Gasteiger partial charge on any atom is -0.475 e. The lowest BCUT2D eigenvalue weighted by Gasteiger charge is -2.35. The average Bonchev–Trinajstić information content (AvgIpc) is 3.20. The Labute approximate surface area is 182 Å². The second-order valence-electron chi connectivity index (χ2n) is 7.70. The molecule has 1 aliphatic rings. The van der Waals surface area contributed by atoms with Gasteiger partial charge in [0, 0.05) is 51.0 Å². The van der Waals surface area contributed by atoms with Crippen LogP contribution in [-0.2, 0) is 0 Å². The van der Waals surface area contributed by atoms with Gasteiger partial charge in [-0.05, 0) is 38.1 Å². The molecule has 3 aromatic heterocycles. The molecule has 0 aliphatic carbocycles. The molecule has 3 N–H and O–H groups in total. The molecule has 0 aromatic carbocycles. The first-order valence-electron chi connectivity index (χ1n) is 10.2. The Balaban J connectivity index is 0.00000289. The molecule has 10 heteroatoms. The summed E-state index contributed by atoms with van der Waals surface area (Å²) in [5.74, 6) is 2.06. The summed E-state index contributed by atoms with van der Waals surface area (Å²) in [6.45, 7) is 8.87. The molecule has 3 aromatic rings. The number of nitrogens with two attached hydrogens (primary N) is 1. The van der Waals surface area contributed by atoms with Crippen LogP contribution >= 0.6 is 0 Å². The number of aromatic nitrogens is 4. The smallest absolute Gasteiger partial charge is 0.214 e. The Morgan fingerprint density at radius 2 is 1.90 bits per heavy atom. The van der Waals surface area contributed by atoms with Crippen molar-refractivity contribution in [3.63, 3.8) is 0 Å². The summed E-state index contributed by atoms with van der Waals surface area (Å²) in [6.07, 6.45) is 3.24. The lowest BCUT2D eigenvalue weighted by molar-refractivity contribution is 0.232. The summed E-state index contributed by atoms with van der Waals surface area (Å²) in [5, 5.41) is 16.6. The van der Waals surface area contributed by atoms with Gasteiger partial charge in [-0.25, -0.2) is 14.6 Å². The van der Waals surface area contributed by atoms with Gasteiger partial charge < -0.3 is 20.3 Å². The number of nitrogen functional groups attached to an aromatic ring is 1. The van der Waals surface area contributed by atoms with Crippen molar-refractivity contribution in [3.8, 4) is 5.88 Å². The number of aryl methyl sites for hydroxylation is 1. The van der Waals surface area contributed by atoms with Gasteiger partial charge in [-0.2, -0.15) is 0 Å².